The van der Waals surface area contributed by atoms with Gasteiger partial charge >= 0.3 is 5.97 Å². The molecule has 0 bridgehead atoms. The number of aromatic nitrogens is 2. The Hall–Kier alpha value is -3.02. The number of carbonyl (C=O) groups excluding carboxylic acids is 2. The molecule has 3 rings (SSSR count). The van der Waals surface area contributed by atoms with Crippen LogP contribution in [0.1, 0.15) is 20.7 Å². The van der Waals surface area contributed by atoms with E-state index in [0.29, 0.717) is 33.2 Å². The Morgan fingerprint density at radius 2 is 1.48 bits per heavy atom. The number of fused-ring (bicyclic) bond motifs is 2. The molecule has 6 heteroatoms. The summed E-state index contributed by atoms with van der Waals surface area (Å²) in [6.07, 6.45) is 0. The fraction of sp³-hybridized carbons (Fsp3) is 0.0667. The average molecular weight is 281 g/mol. The van der Waals surface area contributed by atoms with E-state index in [1.807, 2.05) is 0 Å². The SMILES string of the molecule is COC(=O)c1cccc2nc3c(C(N)=O)cccc3nc12. The zero-order chi connectivity index (χ0) is 15.0. The maximum absolute atomic E-state index is 11.8. The molecular formula is C15H11N3O3. The molecule has 0 spiro atoms. The van der Waals surface area contributed by atoms with Crippen LogP contribution in [0.4, 0.5) is 0 Å². The molecule has 0 radical (unpaired) electrons. The minimum Gasteiger partial charge on any atom is -0.465 e. The smallest absolute Gasteiger partial charge is 0.340 e. The Kier molecular flexibility index (Phi) is 2.98. The van der Waals surface area contributed by atoms with E-state index >= 15 is 0 Å². The third-order valence-corrected chi connectivity index (χ3v) is 3.16. The largest absolute Gasteiger partial charge is 0.465 e. The number of benzene rings is 2. The number of amides is 1. The first kappa shape index (κ1) is 13.0. The van der Waals surface area contributed by atoms with Crippen molar-refractivity contribution < 1.29 is 14.3 Å². The number of hydrogen-bond acceptors (Lipinski definition) is 5. The van der Waals surface area contributed by atoms with E-state index in [0.717, 1.165) is 0 Å². The van der Waals surface area contributed by atoms with Crippen molar-refractivity contribution in [3.63, 3.8) is 0 Å². The van der Waals surface area contributed by atoms with Gasteiger partial charge in [0.15, 0.2) is 0 Å². The summed E-state index contributed by atoms with van der Waals surface area (Å²) in [6, 6.07) is 9.99. The van der Waals surface area contributed by atoms with Gasteiger partial charge in [0.1, 0.15) is 11.0 Å². The lowest BCUT2D eigenvalue weighted by Gasteiger charge is -2.07. The highest BCUT2D eigenvalue weighted by Crippen LogP contribution is 2.22. The van der Waals surface area contributed by atoms with Gasteiger partial charge in [-0.25, -0.2) is 14.8 Å². The number of methoxy groups -OCH3 is 1. The number of nitrogens with zero attached hydrogens (tertiary/aromatic N) is 2. The summed E-state index contributed by atoms with van der Waals surface area (Å²) in [5, 5.41) is 0. The van der Waals surface area contributed by atoms with Gasteiger partial charge in [-0.3, -0.25) is 4.79 Å². The fourth-order valence-corrected chi connectivity index (χ4v) is 2.19. The van der Waals surface area contributed by atoms with Crippen molar-refractivity contribution in [2.24, 2.45) is 5.73 Å². The molecule has 0 aliphatic heterocycles. The van der Waals surface area contributed by atoms with Crippen LogP contribution in [0.15, 0.2) is 36.4 Å². The lowest BCUT2D eigenvalue weighted by atomic mass is 10.1. The van der Waals surface area contributed by atoms with Gasteiger partial charge in [0.25, 0.3) is 5.91 Å². The summed E-state index contributed by atoms with van der Waals surface area (Å²) < 4.78 is 4.74. The topological polar surface area (TPSA) is 95.2 Å². The number of rotatable bonds is 2. The van der Waals surface area contributed by atoms with Crippen LogP contribution in [-0.4, -0.2) is 29.0 Å². The Labute approximate surface area is 119 Å². The van der Waals surface area contributed by atoms with Crippen molar-refractivity contribution in [2.75, 3.05) is 7.11 Å². The van der Waals surface area contributed by atoms with Crippen LogP contribution in [0, 0.1) is 0 Å². The second-order valence-corrected chi connectivity index (χ2v) is 4.43. The van der Waals surface area contributed by atoms with E-state index in [-0.39, 0.29) is 0 Å². The van der Waals surface area contributed by atoms with Crippen LogP contribution in [0.3, 0.4) is 0 Å². The van der Waals surface area contributed by atoms with E-state index in [2.05, 4.69) is 9.97 Å². The van der Waals surface area contributed by atoms with Gasteiger partial charge in [-0.05, 0) is 24.3 Å². The number of primary amides is 1. The summed E-state index contributed by atoms with van der Waals surface area (Å²) in [4.78, 5) is 32.1. The Morgan fingerprint density at radius 3 is 2.00 bits per heavy atom. The minimum absolute atomic E-state index is 0.297. The zero-order valence-corrected chi connectivity index (χ0v) is 11.2. The normalized spacial score (nSPS) is 10.7. The molecule has 0 aliphatic carbocycles. The average Bonchev–Trinajstić information content (AvgIpc) is 2.50. The quantitative estimate of drug-likeness (QED) is 0.569. The van der Waals surface area contributed by atoms with E-state index < -0.39 is 11.9 Å². The molecule has 21 heavy (non-hydrogen) atoms. The molecule has 0 aliphatic rings. The molecule has 2 aromatic carbocycles. The highest BCUT2D eigenvalue weighted by atomic mass is 16.5. The molecule has 1 amide bonds. The summed E-state index contributed by atoms with van der Waals surface area (Å²) in [7, 11) is 1.31. The molecule has 6 nitrogen and oxygen atoms in total. The van der Waals surface area contributed by atoms with Crippen molar-refractivity contribution in [2.45, 2.75) is 0 Å². The van der Waals surface area contributed by atoms with Gasteiger partial charge < -0.3 is 10.5 Å². The van der Waals surface area contributed by atoms with E-state index in [9.17, 15) is 9.59 Å². The third kappa shape index (κ3) is 2.06. The van der Waals surface area contributed by atoms with Crippen molar-refractivity contribution in [3.8, 4) is 0 Å². The summed E-state index contributed by atoms with van der Waals surface area (Å²) >= 11 is 0. The molecule has 3 aromatic rings. The monoisotopic (exact) mass is 281 g/mol. The first-order valence-electron chi connectivity index (χ1n) is 6.19. The predicted molar refractivity (Wildman–Crippen MR) is 76.9 cm³/mol. The van der Waals surface area contributed by atoms with Crippen LogP contribution < -0.4 is 5.73 Å². The van der Waals surface area contributed by atoms with Gasteiger partial charge in [-0.15, -0.1) is 0 Å². The molecule has 1 aromatic heterocycles. The number of hydrogen-bond donors (Lipinski definition) is 1. The van der Waals surface area contributed by atoms with Crippen LogP contribution >= 0.6 is 0 Å². The van der Waals surface area contributed by atoms with Gasteiger partial charge in [-0.2, -0.15) is 0 Å². The zero-order valence-electron chi connectivity index (χ0n) is 11.2. The Morgan fingerprint density at radius 1 is 0.952 bits per heavy atom. The van der Waals surface area contributed by atoms with E-state index in [1.54, 1.807) is 36.4 Å². The highest BCUT2D eigenvalue weighted by Gasteiger charge is 2.15. The molecule has 1 heterocycles. The van der Waals surface area contributed by atoms with Gasteiger partial charge in [0.2, 0.25) is 0 Å². The van der Waals surface area contributed by atoms with E-state index in [1.165, 1.54) is 7.11 Å². The van der Waals surface area contributed by atoms with Gasteiger partial charge in [0, 0.05) is 0 Å². The highest BCUT2D eigenvalue weighted by molar-refractivity contribution is 6.07. The van der Waals surface area contributed by atoms with Crippen molar-refractivity contribution in [1.82, 2.24) is 9.97 Å². The molecule has 104 valence electrons. The van der Waals surface area contributed by atoms with Gasteiger partial charge in [-0.1, -0.05) is 12.1 Å². The molecule has 2 N–H and O–H groups in total. The third-order valence-electron chi connectivity index (χ3n) is 3.16. The maximum Gasteiger partial charge on any atom is 0.340 e. The van der Waals surface area contributed by atoms with E-state index in [4.69, 9.17) is 10.5 Å². The second kappa shape index (κ2) is 4.82. The van der Waals surface area contributed by atoms with Crippen LogP contribution in [0.2, 0.25) is 0 Å². The first-order valence-corrected chi connectivity index (χ1v) is 6.19. The number of carbonyl (C=O) groups is 2. The summed E-state index contributed by atoms with van der Waals surface area (Å²) in [6.45, 7) is 0. The fourth-order valence-electron chi connectivity index (χ4n) is 2.19. The lowest BCUT2D eigenvalue weighted by Crippen LogP contribution is -2.12. The van der Waals surface area contributed by atoms with Gasteiger partial charge in [0.05, 0.1) is 29.3 Å². The molecule has 0 saturated heterocycles. The standard InChI is InChI=1S/C15H11N3O3/c1-21-15(20)9-5-3-7-11-13(9)18-10-6-2-4-8(14(16)19)12(10)17-11/h2-7H,1H3,(H2,16,19). The van der Waals surface area contributed by atoms with Crippen molar-refractivity contribution in [3.05, 3.63) is 47.5 Å². The Bertz CT molecular complexity index is 890. The summed E-state index contributed by atoms with van der Waals surface area (Å²) in [5.74, 6) is -1.06. The number of nitrogens with two attached hydrogens (primary N) is 1. The van der Waals surface area contributed by atoms with Crippen molar-refractivity contribution >= 4 is 33.9 Å². The second-order valence-electron chi connectivity index (χ2n) is 4.43. The number of para-hydroxylation sites is 2. The maximum atomic E-state index is 11.8. The summed E-state index contributed by atoms with van der Waals surface area (Å²) in [5.41, 5.74) is 7.81. The molecule has 0 fully saturated rings. The molecule has 0 unspecified atom stereocenters. The Balaban J connectivity index is 2.40. The van der Waals surface area contributed by atoms with Crippen molar-refractivity contribution in [1.29, 1.82) is 0 Å². The molecule has 0 atom stereocenters. The minimum atomic E-state index is -0.571. The van der Waals surface area contributed by atoms with Crippen LogP contribution in [0.25, 0.3) is 22.1 Å². The first-order chi connectivity index (χ1) is 10.1. The van der Waals surface area contributed by atoms with Crippen LogP contribution in [0.5, 0.6) is 0 Å². The molecular weight excluding hydrogens is 270 g/mol. The predicted octanol–water partition coefficient (Wildman–Crippen LogP) is 1.67. The lowest BCUT2D eigenvalue weighted by molar-refractivity contribution is 0.0602. The molecule has 0 saturated carbocycles. The number of esters is 1. The number of ether oxygens (including phenoxy) is 1. The van der Waals surface area contributed by atoms with Crippen LogP contribution in [-0.2, 0) is 4.74 Å².